The number of thiazole rings is 1. The molecule has 5 nitrogen and oxygen atoms in total. The molecule has 2 aromatic rings. The predicted octanol–water partition coefficient (Wildman–Crippen LogP) is 2.50. The van der Waals surface area contributed by atoms with Crippen LogP contribution in [-0.2, 0) is 6.54 Å². The van der Waals surface area contributed by atoms with E-state index >= 15 is 0 Å². The van der Waals surface area contributed by atoms with Gasteiger partial charge in [-0.1, -0.05) is 41.7 Å². The SMILES string of the molecule is CCN(CC)c1nc(N)c(C(=O)NCc2ccccc2)s1. The molecule has 3 N–H and O–H groups in total. The molecule has 0 unspecified atom stereocenters. The molecule has 1 aromatic heterocycles. The lowest BCUT2D eigenvalue weighted by atomic mass is 10.2. The fraction of sp³-hybridized carbons (Fsp3) is 0.333. The van der Waals surface area contributed by atoms with Gasteiger partial charge >= 0.3 is 0 Å². The average Bonchev–Trinajstić information content (AvgIpc) is 2.89. The fourth-order valence-corrected chi connectivity index (χ4v) is 3.00. The number of rotatable bonds is 6. The van der Waals surface area contributed by atoms with E-state index in [1.54, 1.807) is 0 Å². The number of amides is 1. The Morgan fingerprint density at radius 3 is 2.57 bits per heavy atom. The van der Waals surface area contributed by atoms with Crippen LogP contribution in [0.1, 0.15) is 29.1 Å². The Morgan fingerprint density at radius 2 is 1.95 bits per heavy atom. The molecule has 0 aliphatic heterocycles. The minimum Gasteiger partial charge on any atom is -0.382 e. The topological polar surface area (TPSA) is 71.2 Å². The Hall–Kier alpha value is -2.08. The molecule has 0 aliphatic carbocycles. The summed E-state index contributed by atoms with van der Waals surface area (Å²) >= 11 is 1.34. The number of nitrogens with one attached hydrogen (secondary N) is 1. The Balaban J connectivity index is 2.05. The van der Waals surface area contributed by atoms with Crippen molar-refractivity contribution in [1.82, 2.24) is 10.3 Å². The molecule has 0 atom stereocenters. The number of hydrogen-bond acceptors (Lipinski definition) is 5. The predicted molar refractivity (Wildman–Crippen MR) is 87.7 cm³/mol. The first-order valence-electron chi connectivity index (χ1n) is 6.99. The fourth-order valence-electron chi connectivity index (χ4n) is 1.97. The highest BCUT2D eigenvalue weighted by molar-refractivity contribution is 7.18. The molecule has 0 saturated heterocycles. The summed E-state index contributed by atoms with van der Waals surface area (Å²) in [6, 6.07) is 9.78. The molecule has 2 rings (SSSR count). The van der Waals surface area contributed by atoms with E-state index in [0.29, 0.717) is 17.2 Å². The number of aromatic nitrogens is 1. The van der Waals surface area contributed by atoms with E-state index in [1.807, 2.05) is 30.3 Å². The number of hydrogen-bond donors (Lipinski definition) is 2. The van der Waals surface area contributed by atoms with Gasteiger partial charge < -0.3 is 16.0 Å². The van der Waals surface area contributed by atoms with Crippen molar-refractivity contribution in [2.75, 3.05) is 23.7 Å². The lowest BCUT2D eigenvalue weighted by molar-refractivity contribution is 0.0955. The zero-order valence-electron chi connectivity index (χ0n) is 12.3. The Morgan fingerprint density at radius 1 is 1.29 bits per heavy atom. The first kappa shape index (κ1) is 15.3. The number of nitrogen functional groups attached to an aromatic ring is 1. The lowest BCUT2D eigenvalue weighted by Gasteiger charge is -2.16. The van der Waals surface area contributed by atoms with Crippen LogP contribution >= 0.6 is 11.3 Å². The Kier molecular flexibility index (Phi) is 5.16. The summed E-state index contributed by atoms with van der Waals surface area (Å²) in [5, 5.41) is 3.67. The van der Waals surface area contributed by atoms with Crippen molar-refractivity contribution < 1.29 is 4.79 Å². The van der Waals surface area contributed by atoms with Crippen molar-refractivity contribution in [2.45, 2.75) is 20.4 Å². The highest BCUT2D eigenvalue weighted by atomic mass is 32.1. The summed E-state index contributed by atoms with van der Waals surface area (Å²) in [5.41, 5.74) is 6.92. The maximum absolute atomic E-state index is 12.2. The van der Waals surface area contributed by atoms with Crippen molar-refractivity contribution in [3.8, 4) is 0 Å². The molecule has 6 heteroatoms. The van der Waals surface area contributed by atoms with Crippen LogP contribution in [0.25, 0.3) is 0 Å². The first-order valence-corrected chi connectivity index (χ1v) is 7.80. The Bertz CT molecular complexity index is 593. The van der Waals surface area contributed by atoms with E-state index in [2.05, 4.69) is 29.0 Å². The molecule has 1 aromatic carbocycles. The summed E-state index contributed by atoms with van der Waals surface area (Å²) in [6.07, 6.45) is 0. The smallest absolute Gasteiger partial charge is 0.265 e. The third-order valence-electron chi connectivity index (χ3n) is 3.18. The van der Waals surface area contributed by atoms with Crippen molar-refractivity contribution in [1.29, 1.82) is 0 Å². The van der Waals surface area contributed by atoms with Gasteiger partial charge in [-0.2, -0.15) is 0 Å². The number of carbonyl (C=O) groups is 1. The van der Waals surface area contributed by atoms with E-state index in [4.69, 9.17) is 5.73 Å². The molecular formula is C15H20N4OS. The second-order valence-corrected chi connectivity index (χ2v) is 5.53. The van der Waals surface area contributed by atoms with Crippen LogP contribution in [0.5, 0.6) is 0 Å². The van der Waals surface area contributed by atoms with Crippen LogP contribution in [-0.4, -0.2) is 24.0 Å². The summed E-state index contributed by atoms with van der Waals surface area (Å²) in [5.74, 6) is 0.125. The second kappa shape index (κ2) is 7.08. The van der Waals surface area contributed by atoms with Crippen LogP contribution in [0.3, 0.4) is 0 Å². The second-order valence-electron chi connectivity index (χ2n) is 4.55. The molecule has 0 aliphatic rings. The maximum atomic E-state index is 12.2. The van der Waals surface area contributed by atoms with Crippen LogP contribution < -0.4 is 16.0 Å². The number of anilines is 2. The van der Waals surface area contributed by atoms with Gasteiger partial charge in [0, 0.05) is 19.6 Å². The van der Waals surface area contributed by atoms with E-state index < -0.39 is 0 Å². The van der Waals surface area contributed by atoms with Crippen molar-refractivity contribution in [3.05, 3.63) is 40.8 Å². The van der Waals surface area contributed by atoms with Gasteiger partial charge in [0.25, 0.3) is 5.91 Å². The van der Waals surface area contributed by atoms with Gasteiger partial charge in [-0.3, -0.25) is 4.79 Å². The number of carbonyl (C=O) groups excluding carboxylic acids is 1. The van der Waals surface area contributed by atoms with Crippen LogP contribution in [0.2, 0.25) is 0 Å². The number of benzene rings is 1. The van der Waals surface area contributed by atoms with Crippen molar-refractivity contribution >= 4 is 28.2 Å². The van der Waals surface area contributed by atoms with Gasteiger partial charge in [0.1, 0.15) is 10.7 Å². The van der Waals surface area contributed by atoms with Gasteiger partial charge in [0.05, 0.1) is 0 Å². The molecule has 21 heavy (non-hydrogen) atoms. The number of nitrogens with two attached hydrogens (primary N) is 1. The number of nitrogens with zero attached hydrogens (tertiary/aromatic N) is 2. The zero-order chi connectivity index (χ0) is 15.2. The van der Waals surface area contributed by atoms with Crippen LogP contribution in [0, 0.1) is 0 Å². The normalized spacial score (nSPS) is 10.4. The van der Waals surface area contributed by atoms with E-state index in [9.17, 15) is 4.79 Å². The minimum absolute atomic E-state index is 0.174. The summed E-state index contributed by atoms with van der Waals surface area (Å²) in [6.45, 7) is 6.27. The highest BCUT2D eigenvalue weighted by Gasteiger charge is 2.18. The van der Waals surface area contributed by atoms with E-state index in [-0.39, 0.29) is 5.91 Å². The standard InChI is InChI=1S/C15H20N4OS/c1-3-19(4-2)15-18-13(16)12(21-15)14(20)17-10-11-8-6-5-7-9-11/h5-9H,3-4,10,16H2,1-2H3,(H,17,20). The highest BCUT2D eigenvalue weighted by Crippen LogP contribution is 2.27. The first-order chi connectivity index (χ1) is 10.2. The molecule has 0 saturated carbocycles. The van der Waals surface area contributed by atoms with Gasteiger partial charge in [-0.05, 0) is 19.4 Å². The third kappa shape index (κ3) is 3.72. The molecular weight excluding hydrogens is 284 g/mol. The quantitative estimate of drug-likeness (QED) is 0.860. The van der Waals surface area contributed by atoms with Gasteiger partial charge in [0.15, 0.2) is 5.13 Å². The van der Waals surface area contributed by atoms with Crippen molar-refractivity contribution in [3.63, 3.8) is 0 Å². The molecule has 0 fully saturated rings. The zero-order valence-corrected chi connectivity index (χ0v) is 13.1. The average molecular weight is 304 g/mol. The van der Waals surface area contributed by atoms with E-state index in [1.165, 1.54) is 11.3 Å². The molecule has 0 radical (unpaired) electrons. The molecule has 0 spiro atoms. The monoisotopic (exact) mass is 304 g/mol. The van der Waals surface area contributed by atoms with Crippen LogP contribution in [0.4, 0.5) is 10.9 Å². The van der Waals surface area contributed by atoms with Gasteiger partial charge in [-0.25, -0.2) is 4.98 Å². The van der Waals surface area contributed by atoms with Crippen molar-refractivity contribution in [2.24, 2.45) is 0 Å². The molecule has 1 amide bonds. The summed E-state index contributed by atoms with van der Waals surface area (Å²) in [7, 11) is 0. The van der Waals surface area contributed by atoms with Gasteiger partial charge in [0.2, 0.25) is 0 Å². The molecule has 112 valence electrons. The third-order valence-corrected chi connectivity index (χ3v) is 4.31. The molecule has 1 heterocycles. The molecule has 0 bridgehead atoms. The Labute approximate surface area is 128 Å². The van der Waals surface area contributed by atoms with E-state index in [0.717, 1.165) is 23.8 Å². The largest absolute Gasteiger partial charge is 0.382 e. The summed E-state index contributed by atoms with van der Waals surface area (Å²) in [4.78, 5) is 19.1. The van der Waals surface area contributed by atoms with Gasteiger partial charge in [-0.15, -0.1) is 0 Å². The summed E-state index contributed by atoms with van der Waals surface area (Å²) < 4.78 is 0. The minimum atomic E-state index is -0.174. The van der Waals surface area contributed by atoms with Crippen LogP contribution in [0.15, 0.2) is 30.3 Å². The maximum Gasteiger partial charge on any atom is 0.265 e. The lowest BCUT2D eigenvalue weighted by Crippen LogP contribution is -2.22.